The molecule has 1 unspecified atom stereocenters. The summed E-state index contributed by atoms with van der Waals surface area (Å²) in [6.07, 6.45) is 3.13. The minimum absolute atomic E-state index is 0.272. The quantitative estimate of drug-likeness (QED) is 0.703. The third kappa shape index (κ3) is 3.33. The Hall–Kier alpha value is -0.870. The number of likely N-dealkylation sites (tertiary alicyclic amines) is 1. The summed E-state index contributed by atoms with van der Waals surface area (Å²) in [5.41, 5.74) is 0. The molecule has 0 aliphatic carbocycles. The number of carbonyl (C=O) groups excluding carboxylic acids is 1. The van der Waals surface area contributed by atoms with Gasteiger partial charge in [-0.25, -0.2) is 0 Å². The molecule has 0 saturated carbocycles. The summed E-state index contributed by atoms with van der Waals surface area (Å²) in [5, 5.41) is 0. The molecule has 1 amide bonds. The first-order chi connectivity index (χ1) is 8.58. The Bertz CT molecular complexity index is 309. The molecule has 2 rings (SSSR count). The third-order valence-electron chi connectivity index (χ3n) is 3.76. The molecular weight excluding hydrogens is 228 g/mol. The standard InChI is InChI=1S/C14H24N2O2/c1-4-13-7-14(17)16(10-13)6-5-15-8-11(2)18-12(3)9-15/h4,11-13H,1,5-10H2,2-3H3/t11-,12+,13?. The highest BCUT2D eigenvalue weighted by molar-refractivity contribution is 5.78. The molecule has 0 aromatic rings. The minimum Gasteiger partial charge on any atom is -0.373 e. The number of rotatable bonds is 4. The zero-order chi connectivity index (χ0) is 13.1. The lowest BCUT2D eigenvalue weighted by molar-refractivity contribution is -0.128. The van der Waals surface area contributed by atoms with Crippen molar-refractivity contribution in [3.05, 3.63) is 12.7 Å². The van der Waals surface area contributed by atoms with E-state index in [1.807, 2.05) is 11.0 Å². The molecule has 2 aliphatic rings. The number of morpholine rings is 1. The molecular formula is C14H24N2O2. The maximum Gasteiger partial charge on any atom is 0.223 e. The lowest BCUT2D eigenvalue weighted by Crippen LogP contribution is -2.48. The van der Waals surface area contributed by atoms with E-state index in [4.69, 9.17) is 4.74 Å². The summed E-state index contributed by atoms with van der Waals surface area (Å²) in [6, 6.07) is 0. The van der Waals surface area contributed by atoms with Gasteiger partial charge < -0.3 is 9.64 Å². The normalized spacial score (nSPS) is 34.0. The smallest absolute Gasteiger partial charge is 0.223 e. The molecule has 2 fully saturated rings. The Morgan fingerprint density at radius 2 is 1.94 bits per heavy atom. The number of amides is 1. The van der Waals surface area contributed by atoms with Crippen LogP contribution < -0.4 is 0 Å². The Morgan fingerprint density at radius 1 is 1.28 bits per heavy atom. The van der Waals surface area contributed by atoms with E-state index in [1.54, 1.807) is 0 Å². The van der Waals surface area contributed by atoms with Gasteiger partial charge in [0.05, 0.1) is 12.2 Å². The topological polar surface area (TPSA) is 32.8 Å². The monoisotopic (exact) mass is 252 g/mol. The number of carbonyl (C=O) groups is 1. The zero-order valence-electron chi connectivity index (χ0n) is 11.5. The van der Waals surface area contributed by atoms with Crippen molar-refractivity contribution in [1.29, 1.82) is 0 Å². The van der Waals surface area contributed by atoms with Crippen LogP contribution in [-0.2, 0) is 9.53 Å². The van der Waals surface area contributed by atoms with Crippen LogP contribution in [0.25, 0.3) is 0 Å². The second-order valence-electron chi connectivity index (χ2n) is 5.56. The van der Waals surface area contributed by atoms with Gasteiger partial charge in [-0.05, 0) is 13.8 Å². The lowest BCUT2D eigenvalue weighted by atomic mass is 10.1. The Morgan fingerprint density at radius 3 is 2.50 bits per heavy atom. The van der Waals surface area contributed by atoms with E-state index in [0.29, 0.717) is 24.5 Å². The van der Waals surface area contributed by atoms with E-state index in [0.717, 1.165) is 32.7 Å². The van der Waals surface area contributed by atoms with Crippen molar-refractivity contribution in [3.63, 3.8) is 0 Å². The molecule has 0 spiro atoms. The van der Waals surface area contributed by atoms with Crippen LogP contribution in [-0.4, -0.2) is 60.6 Å². The molecule has 4 nitrogen and oxygen atoms in total. The van der Waals surface area contributed by atoms with Gasteiger partial charge >= 0.3 is 0 Å². The van der Waals surface area contributed by atoms with E-state index >= 15 is 0 Å². The molecule has 2 heterocycles. The van der Waals surface area contributed by atoms with Crippen LogP contribution in [0, 0.1) is 5.92 Å². The maximum atomic E-state index is 11.8. The first-order valence-electron chi connectivity index (χ1n) is 6.86. The van der Waals surface area contributed by atoms with Crippen molar-refractivity contribution >= 4 is 5.91 Å². The number of nitrogens with zero attached hydrogens (tertiary/aromatic N) is 2. The molecule has 102 valence electrons. The fraction of sp³-hybridized carbons (Fsp3) is 0.786. The summed E-state index contributed by atoms with van der Waals surface area (Å²) in [4.78, 5) is 16.1. The van der Waals surface area contributed by atoms with Gasteiger partial charge in [0.25, 0.3) is 0 Å². The van der Waals surface area contributed by atoms with Crippen molar-refractivity contribution in [1.82, 2.24) is 9.80 Å². The van der Waals surface area contributed by atoms with E-state index in [1.165, 1.54) is 0 Å². The molecule has 3 atom stereocenters. The second-order valence-corrected chi connectivity index (χ2v) is 5.56. The first-order valence-corrected chi connectivity index (χ1v) is 6.86. The third-order valence-corrected chi connectivity index (χ3v) is 3.76. The van der Waals surface area contributed by atoms with Gasteiger partial charge in [0.1, 0.15) is 0 Å². The summed E-state index contributed by atoms with van der Waals surface area (Å²) >= 11 is 0. The number of hydrogen-bond acceptors (Lipinski definition) is 3. The van der Waals surface area contributed by atoms with Crippen molar-refractivity contribution in [3.8, 4) is 0 Å². The molecule has 18 heavy (non-hydrogen) atoms. The minimum atomic E-state index is 0.272. The molecule has 0 radical (unpaired) electrons. The van der Waals surface area contributed by atoms with E-state index < -0.39 is 0 Å². The van der Waals surface area contributed by atoms with Crippen LogP contribution in [0.4, 0.5) is 0 Å². The zero-order valence-corrected chi connectivity index (χ0v) is 11.5. The van der Waals surface area contributed by atoms with Crippen molar-refractivity contribution < 1.29 is 9.53 Å². The fourth-order valence-electron chi connectivity index (χ4n) is 2.91. The summed E-state index contributed by atoms with van der Waals surface area (Å²) in [5.74, 6) is 0.620. The predicted octanol–water partition coefficient (Wildman–Crippen LogP) is 1.13. The Balaban J connectivity index is 1.77. The van der Waals surface area contributed by atoms with E-state index in [2.05, 4.69) is 25.3 Å². The number of hydrogen-bond donors (Lipinski definition) is 0. The second kappa shape index (κ2) is 5.85. The molecule has 0 aromatic heterocycles. The summed E-state index contributed by atoms with van der Waals surface area (Å²) < 4.78 is 5.71. The van der Waals surface area contributed by atoms with Crippen LogP contribution in [0.1, 0.15) is 20.3 Å². The Labute approximate surface area is 110 Å². The maximum absolute atomic E-state index is 11.8. The molecule has 2 saturated heterocycles. The molecule has 0 aromatic carbocycles. The highest BCUT2D eigenvalue weighted by Crippen LogP contribution is 2.18. The van der Waals surface area contributed by atoms with E-state index in [-0.39, 0.29) is 5.91 Å². The largest absolute Gasteiger partial charge is 0.373 e. The van der Waals surface area contributed by atoms with Gasteiger partial charge in [-0.15, -0.1) is 6.58 Å². The average Bonchev–Trinajstić information content (AvgIpc) is 2.66. The van der Waals surface area contributed by atoms with E-state index in [9.17, 15) is 4.79 Å². The molecule has 4 heteroatoms. The highest BCUT2D eigenvalue weighted by Gasteiger charge is 2.28. The Kier molecular flexibility index (Phi) is 4.40. The summed E-state index contributed by atoms with van der Waals surface area (Å²) in [7, 11) is 0. The average molecular weight is 252 g/mol. The van der Waals surface area contributed by atoms with Crippen LogP contribution in [0.2, 0.25) is 0 Å². The predicted molar refractivity (Wildman–Crippen MR) is 71.3 cm³/mol. The molecule has 0 N–H and O–H groups in total. The summed E-state index contributed by atoms with van der Waals surface area (Å²) in [6.45, 7) is 12.6. The van der Waals surface area contributed by atoms with Crippen molar-refractivity contribution in [2.45, 2.75) is 32.5 Å². The fourth-order valence-corrected chi connectivity index (χ4v) is 2.91. The van der Waals surface area contributed by atoms with Crippen LogP contribution in [0.5, 0.6) is 0 Å². The van der Waals surface area contributed by atoms with Gasteiger partial charge in [0, 0.05) is 45.1 Å². The first kappa shape index (κ1) is 13.6. The van der Waals surface area contributed by atoms with Gasteiger partial charge in [0.15, 0.2) is 0 Å². The van der Waals surface area contributed by atoms with Gasteiger partial charge in [0.2, 0.25) is 5.91 Å². The van der Waals surface area contributed by atoms with Crippen LogP contribution in [0.3, 0.4) is 0 Å². The van der Waals surface area contributed by atoms with Gasteiger partial charge in [-0.2, -0.15) is 0 Å². The van der Waals surface area contributed by atoms with Crippen LogP contribution >= 0.6 is 0 Å². The van der Waals surface area contributed by atoms with Gasteiger partial charge in [-0.1, -0.05) is 6.08 Å². The van der Waals surface area contributed by atoms with Gasteiger partial charge in [-0.3, -0.25) is 9.69 Å². The molecule has 0 bridgehead atoms. The highest BCUT2D eigenvalue weighted by atomic mass is 16.5. The van der Waals surface area contributed by atoms with Crippen LogP contribution in [0.15, 0.2) is 12.7 Å². The lowest BCUT2D eigenvalue weighted by Gasteiger charge is -2.36. The van der Waals surface area contributed by atoms with Crippen molar-refractivity contribution in [2.75, 3.05) is 32.7 Å². The number of ether oxygens (including phenoxy) is 1. The van der Waals surface area contributed by atoms with Crippen molar-refractivity contribution in [2.24, 2.45) is 5.92 Å². The SMILES string of the molecule is C=CC1CC(=O)N(CCN2C[C@@H](C)O[C@@H](C)C2)C1. The molecule has 2 aliphatic heterocycles.